The summed E-state index contributed by atoms with van der Waals surface area (Å²) in [6, 6.07) is 0.273. The Morgan fingerprint density at radius 1 is 1.31 bits per heavy atom. The van der Waals surface area contributed by atoms with Crippen molar-refractivity contribution in [1.82, 2.24) is 5.32 Å². The Morgan fingerprint density at radius 3 is 2.44 bits per heavy atom. The maximum atomic E-state index is 11.7. The largest absolute Gasteiger partial charge is 0.411 e. The fraction of sp³-hybridized carbons (Fsp3) is 1.00. The highest BCUT2D eigenvalue weighted by Gasteiger charge is 2.27. The molecule has 0 aromatic carbocycles. The maximum Gasteiger partial charge on any atom is 0.411 e. The fourth-order valence-corrected chi connectivity index (χ4v) is 1.55. The van der Waals surface area contributed by atoms with Crippen molar-refractivity contribution < 1.29 is 17.9 Å². The van der Waals surface area contributed by atoms with Crippen molar-refractivity contribution in [2.75, 3.05) is 19.8 Å². The summed E-state index contributed by atoms with van der Waals surface area (Å²) in [6.07, 6.45) is -2.82. The highest BCUT2D eigenvalue weighted by atomic mass is 35.5. The van der Waals surface area contributed by atoms with E-state index in [0.29, 0.717) is 13.0 Å². The lowest BCUT2D eigenvalue weighted by atomic mass is 10.2. The van der Waals surface area contributed by atoms with Gasteiger partial charge in [0.1, 0.15) is 6.61 Å². The van der Waals surface area contributed by atoms with Crippen LogP contribution in [0.15, 0.2) is 0 Å². The normalized spacial score (nSPS) is 16.1. The molecule has 0 saturated heterocycles. The summed E-state index contributed by atoms with van der Waals surface area (Å²) < 4.78 is 39.5. The van der Waals surface area contributed by atoms with E-state index in [1.54, 1.807) is 0 Å². The second kappa shape index (κ2) is 8.14. The average molecular weight is 262 g/mol. The van der Waals surface area contributed by atoms with Crippen LogP contribution in [-0.2, 0) is 4.74 Å². The van der Waals surface area contributed by atoms with E-state index < -0.39 is 12.8 Å². The standard InChI is InChI=1S/C10H19ClF3NO/c1-8(11)6-9(2)15-4-3-5-16-7-10(12,13)14/h8-9,15H,3-7H2,1-2H3. The van der Waals surface area contributed by atoms with E-state index in [0.717, 1.165) is 6.42 Å². The number of hydrogen-bond acceptors (Lipinski definition) is 2. The van der Waals surface area contributed by atoms with Gasteiger partial charge in [-0.3, -0.25) is 0 Å². The number of halogens is 4. The van der Waals surface area contributed by atoms with Gasteiger partial charge in [0.25, 0.3) is 0 Å². The molecular formula is C10H19ClF3NO. The van der Waals surface area contributed by atoms with Gasteiger partial charge in [0.2, 0.25) is 0 Å². The molecule has 0 aliphatic carbocycles. The molecule has 0 saturated carbocycles. The molecule has 0 radical (unpaired) electrons. The van der Waals surface area contributed by atoms with Crippen LogP contribution >= 0.6 is 11.6 Å². The molecular weight excluding hydrogens is 243 g/mol. The molecule has 0 aliphatic heterocycles. The molecule has 0 spiro atoms. The third-order valence-corrected chi connectivity index (χ3v) is 2.08. The van der Waals surface area contributed by atoms with Gasteiger partial charge in [-0.25, -0.2) is 0 Å². The van der Waals surface area contributed by atoms with Gasteiger partial charge in [0.05, 0.1) is 0 Å². The SMILES string of the molecule is CC(Cl)CC(C)NCCCOCC(F)(F)F. The van der Waals surface area contributed by atoms with Crippen LogP contribution in [0.25, 0.3) is 0 Å². The molecule has 0 bridgehead atoms. The van der Waals surface area contributed by atoms with E-state index in [4.69, 9.17) is 11.6 Å². The van der Waals surface area contributed by atoms with Crippen LogP contribution in [0.3, 0.4) is 0 Å². The summed E-state index contributed by atoms with van der Waals surface area (Å²) in [6.45, 7) is 3.50. The highest BCUT2D eigenvalue weighted by Crippen LogP contribution is 2.14. The lowest BCUT2D eigenvalue weighted by molar-refractivity contribution is -0.173. The van der Waals surface area contributed by atoms with Gasteiger partial charge in [-0.1, -0.05) is 0 Å². The van der Waals surface area contributed by atoms with Gasteiger partial charge in [-0.15, -0.1) is 11.6 Å². The van der Waals surface area contributed by atoms with E-state index in [-0.39, 0.29) is 18.0 Å². The quantitative estimate of drug-likeness (QED) is 0.536. The lowest BCUT2D eigenvalue weighted by Crippen LogP contribution is -2.29. The molecule has 0 heterocycles. The number of ether oxygens (including phenoxy) is 1. The topological polar surface area (TPSA) is 21.3 Å². The van der Waals surface area contributed by atoms with E-state index >= 15 is 0 Å². The van der Waals surface area contributed by atoms with Crippen molar-refractivity contribution >= 4 is 11.6 Å². The third-order valence-electron chi connectivity index (χ3n) is 1.90. The van der Waals surface area contributed by atoms with Gasteiger partial charge in [0.15, 0.2) is 0 Å². The molecule has 1 N–H and O–H groups in total. The Labute approximate surface area is 99.5 Å². The number of nitrogens with one attached hydrogen (secondary N) is 1. The summed E-state index contributed by atoms with van der Waals surface area (Å²) in [7, 11) is 0. The van der Waals surface area contributed by atoms with Gasteiger partial charge < -0.3 is 10.1 Å². The van der Waals surface area contributed by atoms with Crippen LogP contribution in [0.5, 0.6) is 0 Å². The molecule has 0 fully saturated rings. The smallest absolute Gasteiger partial charge is 0.372 e. The molecule has 0 aliphatic rings. The van der Waals surface area contributed by atoms with Crippen molar-refractivity contribution in [3.63, 3.8) is 0 Å². The van der Waals surface area contributed by atoms with E-state index in [9.17, 15) is 13.2 Å². The number of alkyl halides is 4. The van der Waals surface area contributed by atoms with Crippen molar-refractivity contribution in [1.29, 1.82) is 0 Å². The molecule has 0 amide bonds. The van der Waals surface area contributed by atoms with Crippen LogP contribution in [-0.4, -0.2) is 37.4 Å². The summed E-state index contributed by atoms with van der Waals surface area (Å²) in [5, 5.41) is 3.27. The second-order valence-electron chi connectivity index (χ2n) is 3.89. The van der Waals surface area contributed by atoms with Crippen LogP contribution in [0.4, 0.5) is 13.2 Å². The van der Waals surface area contributed by atoms with Crippen LogP contribution in [0.1, 0.15) is 26.7 Å². The van der Waals surface area contributed by atoms with Crippen LogP contribution in [0, 0.1) is 0 Å². The maximum absolute atomic E-state index is 11.7. The summed E-state index contributed by atoms with van der Waals surface area (Å²) in [4.78, 5) is 0. The molecule has 0 aromatic heterocycles. The molecule has 98 valence electrons. The zero-order valence-corrected chi connectivity index (χ0v) is 10.4. The third kappa shape index (κ3) is 12.1. The fourth-order valence-electron chi connectivity index (χ4n) is 1.28. The predicted octanol–water partition coefficient (Wildman–Crippen LogP) is 2.95. The lowest BCUT2D eigenvalue weighted by Gasteiger charge is -2.15. The first-order valence-corrected chi connectivity index (χ1v) is 5.77. The minimum atomic E-state index is -4.23. The van der Waals surface area contributed by atoms with E-state index in [1.807, 2.05) is 13.8 Å². The van der Waals surface area contributed by atoms with Gasteiger partial charge >= 0.3 is 6.18 Å². The van der Waals surface area contributed by atoms with Crippen LogP contribution in [0.2, 0.25) is 0 Å². The summed E-state index contributed by atoms with van der Waals surface area (Å²) >= 11 is 5.80. The first-order chi connectivity index (χ1) is 7.31. The van der Waals surface area contributed by atoms with Crippen molar-refractivity contribution in [3.8, 4) is 0 Å². The molecule has 16 heavy (non-hydrogen) atoms. The Bertz CT molecular complexity index is 176. The van der Waals surface area contributed by atoms with Crippen LogP contribution < -0.4 is 5.32 Å². The van der Waals surface area contributed by atoms with Crippen molar-refractivity contribution in [2.45, 2.75) is 44.3 Å². The Kier molecular flexibility index (Phi) is 8.14. The average Bonchev–Trinajstić information content (AvgIpc) is 2.07. The zero-order valence-electron chi connectivity index (χ0n) is 9.61. The zero-order chi connectivity index (χ0) is 12.6. The van der Waals surface area contributed by atoms with Crippen molar-refractivity contribution in [3.05, 3.63) is 0 Å². The predicted molar refractivity (Wildman–Crippen MR) is 58.9 cm³/mol. The summed E-state index contributed by atoms with van der Waals surface area (Å²) in [5.41, 5.74) is 0. The molecule has 2 nitrogen and oxygen atoms in total. The van der Waals surface area contributed by atoms with Gasteiger partial charge in [-0.2, -0.15) is 13.2 Å². The first kappa shape index (κ1) is 16.0. The highest BCUT2D eigenvalue weighted by molar-refractivity contribution is 6.20. The van der Waals surface area contributed by atoms with Gasteiger partial charge in [0, 0.05) is 18.0 Å². The van der Waals surface area contributed by atoms with Gasteiger partial charge in [-0.05, 0) is 33.2 Å². The Morgan fingerprint density at radius 2 is 1.94 bits per heavy atom. The minimum Gasteiger partial charge on any atom is -0.372 e. The Balaban J connectivity index is 3.27. The minimum absolute atomic E-state index is 0.101. The molecule has 0 aromatic rings. The second-order valence-corrected chi connectivity index (χ2v) is 4.64. The molecule has 2 unspecified atom stereocenters. The molecule has 0 rings (SSSR count). The number of rotatable bonds is 8. The first-order valence-electron chi connectivity index (χ1n) is 5.33. The van der Waals surface area contributed by atoms with E-state index in [2.05, 4.69) is 10.1 Å². The van der Waals surface area contributed by atoms with Crippen molar-refractivity contribution in [2.24, 2.45) is 0 Å². The molecule has 2 atom stereocenters. The van der Waals surface area contributed by atoms with E-state index in [1.165, 1.54) is 0 Å². The number of hydrogen-bond donors (Lipinski definition) is 1. The summed E-state index contributed by atoms with van der Waals surface area (Å²) in [5.74, 6) is 0. The monoisotopic (exact) mass is 261 g/mol. The Hall–Kier alpha value is -0.0000000000000000555. The molecule has 6 heteroatoms.